The molecule has 0 atom stereocenters. The number of hydrogen-bond acceptors (Lipinski definition) is 7. The van der Waals surface area contributed by atoms with Gasteiger partial charge in [0, 0.05) is 12.8 Å². The van der Waals surface area contributed by atoms with Crippen LogP contribution in [0.15, 0.2) is 60.7 Å². The number of para-hydroxylation sites is 1. The van der Waals surface area contributed by atoms with Crippen molar-refractivity contribution in [3.05, 3.63) is 81.2 Å². The maximum Gasteiger partial charge on any atom is 0.300 e. The average Bonchev–Trinajstić information content (AvgIpc) is 3.46. The zero-order chi connectivity index (χ0) is 23.7. The molecular formula is C25H22N2O6S. The fourth-order valence-corrected chi connectivity index (χ4v) is 5.67. The van der Waals surface area contributed by atoms with E-state index in [4.69, 9.17) is 19.9 Å². The van der Waals surface area contributed by atoms with Gasteiger partial charge in [0.2, 0.25) is 0 Å². The van der Waals surface area contributed by atoms with Crippen LogP contribution in [-0.4, -0.2) is 29.8 Å². The second-order valence-corrected chi connectivity index (χ2v) is 9.11. The molecule has 1 aliphatic carbocycles. The third-order valence-electron chi connectivity index (χ3n) is 5.95. The third kappa shape index (κ3) is 4.21. The Labute approximate surface area is 199 Å². The van der Waals surface area contributed by atoms with Crippen molar-refractivity contribution >= 4 is 28.5 Å². The number of carbonyl (C=O) groups is 1. The molecule has 0 bridgehead atoms. The van der Waals surface area contributed by atoms with Gasteiger partial charge in [-0.1, -0.05) is 24.3 Å². The Hall–Kier alpha value is -3.53. The van der Waals surface area contributed by atoms with Gasteiger partial charge in [-0.3, -0.25) is 14.9 Å². The Morgan fingerprint density at radius 1 is 1.03 bits per heavy atom. The molecule has 1 spiro atoms. The molecular weight excluding hydrogens is 456 g/mol. The fraction of sp³-hybridized carbons (Fsp3) is 0.240. The minimum atomic E-state index is -0.829. The number of ether oxygens (including phenoxy) is 3. The van der Waals surface area contributed by atoms with E-state index < -0.39 is 16.6 Å². The molecule has 1 saturated heterocycles. The van der Waals surface area contributed by atoms with Crippen molar-refractivity contribution in [1.82, 2.24) is 0 Å². The highest BCUT2D eigenvalue weighted by molar-refractivity contribution is 7.17. The van der Waals surface area contributed by atoms with Gasteiger partial charge in [-0.2, -0.15) is 0 Å². The van der Waals surface area contributed by atoms with E-state index in [2.05, 4.69) is 0 Å². The van der Waals surface area contributed by atoms with Crippen LogP contribution in [0.5, 0.6) is 11.5 Å². The van der Waals surface area contributed by atoms with E-state index in [1.807, 2.05) is 36.4 Å². The topological polar surface area (TPSA) is 114 Å². The van der Waals surface area contributed by atoms with Gasteiger partial charge in [0.25, 0.3) is 5.91 Å². The van der Waals surface area contributed by atoms with E-state index in [9.17, 15) is 14.9 Å². The average molecular weight is 479 g/mol. The summed E-state index contributed by atoms with van der Waals surface area (Å²) in [7, 11) is 0. The summed E-state index contributed by atoms with van der Waals surface area (Å²) in [6, 6.07) is 16.4. The summed E-state index contributed by atoms with van der Waals surface area (Å²) >= 11 is 1.21. The van der Waals surface area contributed by atoms with Crippen molar-refractivity contribution in [3.8, 4) is 21.9 Å². The lowest BCUT2D eigenvalue weighted by Crippen LogP contribution is -2.31. The lowest BCUT2D eigenvalue weighted by Gasteiger charge is -2.30. The molecule has 174 valence electrons. The zero-order valence-electron chi connectivity index (χ0n) is 18.2. The first-order valence-corrected chi connectivity index (χ1v) is 11.7. The summed E-state index contributed by atoms with van der Waals surface area (Å²) in [6.07, 6.45) is 3.56. The van der Waals surface area contributed by atoms with Gasteiger partial charge in [0.05, 0.1) is 23.0 Å². The Balaban J connectivity index is 1.51. The van der Waals surface area contributed by atoms with Crippen molar-refractivity contribution in [2.45, 2.75) is 25.0 Å². The number of primary amides is 1. The van der Waals surface area contributed by atoms with E-state index in [1.165, 1.54) is 11.3 Å². The van der Waals surface area contributed by atoms with Crippen molar-refractivity contribution in [3.63, 3.8) is 0 Å². The van der Waals surface area contributed by atoms with E-state index in [0.717, 1.165) is 5.57 Å². The van der Waals surface area contributed by atoms with Crippen LogP contribution in [0.1, 0.15) is 34.5 Å². The summed E-state index contributed by atoms with van der Waals surface area (Å²) in [6.45, 7) is 1.09. The largest absolute Gasteiger partial charge is 0.457 e. The third-order valence-corrected chi connectivity index (χ3v) is 7.25. The van der Waals surface area contributed by atoms with Gasteiger partial charge >= 0.3 is 5.69 Å². The number of nitrogens with two attached hydrogens (primary N) is 1. The Morgan fingerprint density at radius 3 is 2.29 bits per heavy atom. The van der Waals surface area contributed by atoms with Gasteiger partial charge < -0.3 is 19.9 Å². The summed E-state index contributed by atoms with van der Waals surface area (Å²) in [5, 5.41) is 12.0. The van der Waals surface area contributed by atoms with Crippen LogP contribution < -0.4 is 10.5 Å². The van der Waals surface area contributed by atoms with Crippen molar-refractivity contribution in [2.24, 2.45) is 5.73 Å². The first-order chi connectivity index (χ1) is 16.5. The molecule has 0 saturated carbocycles. The molecule has 1 amide bonds. The SMILES string of the molecule is NC(=O)c1c(-c2ccc(Oc3ccccc3)cc2)sc(C2=CCC3(CC2)OCCO3)c1[N+](=O)[O-]. The minimum Gasteiger partial charge on any atom is -0.457 e. The number of hydrogen-bond donors (Lipinski definition) is 1. The lowest BCUT2D eigenvalue weighted by molar-refractivity contribution is -0.384. The maximum absolute atomic E-state index is 12.4. The molecule has 9 heteroatoms. The fourth-order valence-electron chi connectivity index (χ4n) is 4.32. The lowest BCUT2D eigenvalue weighted by atomic mass is 9.92. The monoisotopic (exact) mass is 478 g/mol. The van der Waals surface area contributed by atoms with E-state index in [0.29, 0.717) is 59.3 Å². The molecule has 1 aromatic heterocycles. The number of benzene rings is 2. The minimum absolute atomic E-state index is 0.0729. The van der Waals surface area contributed by atoms with Gasteiger partial charge in [0.15, 0.2) is 5.79 Å². The molecule has 1 aliphatic heterocycles. The molecule has 8 nitrogen and oxygen atoms in total. The number of rotatable bonds is 6. The van der Waals surface area contributed by atoms with Crippen LogP contribution in [0.25, 0.3) is 16.0 Å². The molecule has 2 N–H and O–H groups in total. The second-order valence-electron chi connectivity index (χ2n) is 8.09. The van der Waals surface area contributed by atoms with Crippen LogP contribution >= 0.6 is 11.3 Å². The number of nitrogens with zero attached hydrogens (tertiary/aromatic N) is 1. The first-order valence-electron chi connectivity index (χ1n) is 10.9. The van der Waals surface area contributed by atoms with Crippen molar-refractivity contribution < 1.29 is 23.9 Å². The normalized spacial score (nSPS) is 16.9. The van der Waals surface area contributed by atoms with Crippen molar-refractivity contribution in [2.75, 3.05) is 13.2 Å². The Bertz CT molecular complexity index is 1260. The predicted molar refractivity (Wildman–Crippen MR) is 128 cm³/mol. The van der Waals surface area contributed by atoms with E-state index >= 15 is 0 Å². The molecule has 34 heavy (non-hydrogen) atoms. The second kappa shape index (κ2) is 9.02. The highest BCUT2D eigenvalue weighted by Gasteiger charge is 2.40. The summed E-state index contributed by atoms with van der Waals surface area (Å²) in [5.41, 5.74) is 6.78. The number of allylic oxidation sites excluding steroid dienone is 1. The molecule has 1 fully saturated rings. The van der Waals surface area contributed by atoms with E-state index in [1.54, 1.807) is 24.3 Å². The Morgan fingerprint density at radius 2 is 1.71 bits per heavy atom. The van der Waals surface area contributed by atoms with Crippen LogP contribution in [0.3, 0.4) is 0 Å². The molecule has 5 rings (SSSR count). The summed E-state index contributed by atoms with van der Waals surface area (Å²) < 4.78 is 17.3. The maximum atomic E-state index is 12.4. The molecule has 0 unspecified atom stereocenters. The van der Waals surface area contributed by atoms with Crippen LogP contribution in [-0.2, 0) is 9.47 Å². The van der Waals surface area contributed by atoms with Crippen LogP contribution in [0.2, 0.25) is 0 Å². The molecule has 3 aromatic rings. The first kappa shape index (κ1) is 22.3. The van der Waals surface area contributed by atoms with Gasteiger partial charge in [0.1, 0.15) is 21.9 Å². The predicted octanol–water partition coefficient (Wildman–Crippen LogP) is 5.52. The summed E-state index contributed by atoms with van der Waals surface area (Å²) in [5.74, 6) is -0.165. The number of amides is 1. The molecule has 0 radical (unpaired) electrons. The molecule has 2 aliphatic rings. The van der Waals surface area contributed by atoms with Crippen molar-refractivity contribution in [1.29, 1.82) is 0 Å². The molecule has 2 aromatic carbocycles. The number of nitro groups is 1. The van der Waals surface area contributed by atoms with Gasteiger partial charge in [-0.25, -0.2) is 0 Å². The smallest absolute Gasteiger partial charge is 0.300 e. The van der Waals surface area contributed by atoms with Gasteiger partial charge in [-0.15, -0.1) is 11.3 Å². The number of thiophene rings is 1. The molecule has 2 heterocycles. The van der Waals surface area contributed by atoms with Crippen LogP contribution in [0.4, 0.5) is 5.69 Å². The van der Waals surface area contributed by atoms with Crippen LogP contribution in [0, 0.1) is 10.1 Å². The Kier molecular flexibility index (Phi) is 5.91. The quantitative estimate of drug-likeness (QED) is 0.368. The summed E-state index contributed by atoms with van der Waals surface area (Å²) in [4.78, 5) is 24.8. The van der Waals surface area contributed by atoms with E-state index in [-0.39, 0.29) is 11.3 Å². The highest BCUT2D eigenvalue weighted by Crippen LogP contribution is 2.48. The highest BCUT2D eigenvalue weighted by atomic mass is 32.1. The van der Waals surface area contributed by atoms with Gasteiger partial charge in [-0.05, 0) is 54.0 Å². The zero-order valence-corrected chi connectivity index (χ0v) is 19.0. The standard InChI is InChI=1S/C25H22N2O6S/c26-24(28)20-21(27(29)30)23(17-10-12-25(13-11-17)31-14-15-32-25)34-22(20)16-6-8-19(9-7-16)33-18-4-2-1-3-5-18/h1-10H,11-15H2,(H2,26,28). The number of carbonyl (C=O) groups excluding carboxylic acids is 1.